The van der Waals surface area contributed by atoms with Gasteiger partial charge in [-0.05, 0) is 44.5 Å². The van der Waals surface area contributed by atoms with Crippen molar-refractivity contribution in [1.82, 2.24) is 4.74 Å². The fraction of sp³-hybridized carbons (Fsp3) is 0.238. The second-order valence-corrected chi connectivity index (χ2v) is 7.24. The molecule has 0 saturated heterocycles. The summed E-state index contributed by atoms with van der Waals surface area (Å²) >= 11 is 6.16. The highest BCUT2D eigenvalue weighted by Crippen LogP contribution is 2.24. The van der Waals surface area contributed by atoms with E-state index in [2.05, 4.69) is 0 Å². The Kier molecular flexibility index (Phi) is 5.88. The third-order valence-corrected chi connectivity index (χ3v) is 4.86. The Labute approximate surface area is 171 Å². The Morgan fingerprint density at radius 2 is 1.90 bits per heavy atom. The lowest BCUT2D eigenvalue weighted by molar-refractivity contribution is 0.210. The normalized spacial score (nSPS) is 11.1. The molecule has 0 aliphatic carbocycles. The van der Waals surface area contributed by atoms with Gasteiger partial charge in [0.25, 0.3) is 5.56 Å². The number of benzene rings is 2. The molecule has 3 rings (SSSR count). The molecule has 2 aromatic carbocycles. The molecule has 152 valence electrons. The van der Waals surface area contributed by atoms with Gasteiger partial charge in [-0.3, -0.25) is 9.69 Å². The van der Waals surface area contributed by atoms with Crippen molar-refractivity contribution in [2.45, 2.75) is 33.2 Å². The standard InChI is InChI=1S/C21H19ClF2N2O3/c1-12(2)25(19-9-8-15(23)11-18(19)24)21(28)26-20(27)16(13(3)29-26)10-14-6-4-5-7-17(14)22/h4-9,11-12H,10H2,1-3H3. The molecule has 0 aliphatic rings. The minimum Gasteiger partial charge on any atom is -0.372 e. The maximum atomic E-state index is 14.3. The Balaban J connectivity index is 2.02. The van der Waals surface area contributed by atoms with Gasteiger partial charge in [-0.25, -0.2) is 13.6 Å². The fourth-order valence-corrected chi connectivity index (χ4v) is 3.24. The molecule has 0 spiro atoms. The van der Waals surface area contributed by atoms with E-state index in [-0.39, 0.29) is 23.4 Å². The smallest absolute Gasteiger partial charge is 0.365 e. The van der Waals surface area contributed by atoms with Crippen LogP contribution in [0.3, 0.4) is 0 Å². The van der Waals surface area contributed by atoms with Crippen LogP contribution in [-0.4, -0.2) is 16.8 Å². The molecule has 0 unspecified atom stereocenters. The van der Waals surface area contributed by atoms with Crippen LogP contribution in [0.15, 0.2) is 51.8 Å². The molecule has 5 nitrogen and oxygen atoms in total. The topological polar surface area (TPSA) is 55.5 Å². The summed E-state index contributed by atoms with van der Waals surface area (Å²) in [5.41, 5.74) is 0.176. The Bertz CT molecular complexity index is 1120. The van der Waals surface area contributed by atoms with E-state index in [0.29, 0.717) is 21.4 Å². The number of halogens is 3. The molecule has 0 aliphatic heterocycles. The highest BCUT2D eigenvalue weighted by Gasteiger charge is 2.28. The Morgan fingerprint density at radius 3 is 2.52 bits per heavy atom. The van der Waals surface area contributed by atoms with Gasteiger partial charge >= 0.3 is 6.03 Å². The lowest BCUT2D eigenvalue weighted by atomic mass is 10.1. The van der Waals surface area contributed by atoms with E-state index in [0.717, 1.165) is 17.0 Å². The van der Waals surface area contributed by atoms with Gasteiger partial charge in [0.2, 0.25) is 0 Å². The quantitative estimate of drug-likeness (QED) is 0.586. The van der Waals surface area contributed by atoms with E-state index < -0.39 is 29.3 Å². The second-order valence-electron chi connectivity index (χ2n) is 6.84. The largest absolute Gasteiger partial charge is 0.372 e. The van der Waals surface area contributed by atoms with Crippen LogP contribution in [0.2, 0.25) is 5.02 Å². The monoisotopic (exact) mass is 420 g/mol. The van der Waals surface area contributed by atoms with E-state index in [1.54, 1.807) is 45.0 Å². The molecule has 0 saturated carbocycles. The Hall–Kier alpha value is -2.93. The highest BCUT2D eigenvalue weighted by molar-refractivity contribution is 6.31. The SMILES string of the molecule is Cc1on(C(=O)N(c2ccc(F)cc2F)C(C)C)c(=O)c1Cc1ccccc1Cl. The summed E-state index contributed by atoms with van der Waals surface area (Å²) in [5, 5.41) is 0.488. The first-order valence-corrected chi connectivity index (χ1v) is 9.32. The molecule has 1 amide bonds. The summed E-state index contributed by atoms with van der Waals surface area (Å²) in [6.07, 6.45) is 0.181. The van der Waals surface area contributed by atoms with Crippen LogP contribution in [0.1, 0.15) is 30.7 Å². The number of carbonyl (C=O) groups is 1. The summed E-state index contributed by atoms with van der Waals surface area (Å²) < 4.78 is 33.6. The van der Waals surface area contributed by atoms with Crippen LogP contribution in [0.25, 0.3) is 0 Å². The summed E-state index contributed by atoms with van der Waals surface area (Å²) in [7, 11) is 0. The maximum absolute atomic E-state index is 14.3. The van der Waals surface area contributed by atoms with Gasteiger partial charge in [-0.2, -0.15) is 0 Å². The maximum Gasteiger partial charge on any atom is 0.365 e. The average Bonchev–Trinajstić information content (AvgIpc) is 2.93. The summed E-state index contributed by atoms with van der Waals surface area (Å²) in [4.78, 5) is 26.9. The van der Waals surface area contributed by atoms with Gasteiger partial charge in [-0.15, -0.1) is 0 Å². The summed E-state index contributed by atoms with van der Waals surface area (Å²) in [5.74, 6) is -1.43. The molecule has 3 aromatic rings. The molecule has 0 fully saturated rings. The molecule has 1 heterocycles. The van der Waals surface area contributed by atoms with Gasteiger partial charge in [0.15, 0.2) is 0 Å². The number of rotatable bonds is 4. The van der Waals surface area contributed by atoms with Crippen LogP contribution >= 0.6 is 11.6 Å². The van der Waals surface area contributed by atoms with Crippen molar-refractivity contribution in [3.8, 4) is 0 Å². The van der Waals surface area contributed by atoms with Gasteiger partial charge < -0.3 is 4.52 Å². The van der Waals surface area contributed by atoms with Gasteiger partial charge in [0, 0.05) is 23.6 Å². The fourth-order valence-electron chi connectivity index (χ4n) is 3.04. The van der Waals surface area contributed by atoms with Crippen molar-refractivity contribution in [3.63, 3.8) is 0 Å². The molecular formula is C21H19ClF2N2O3. The van der Waals surface area contributed by atoms with Gasteiger partial charge in [-0.1, -0.05) is 34.5 Å². The molecule has 29 heavy (non-hydrogen) atoms. The zero-order chi connectivity index (χ0) is 21.3. The second kappa shape index (κ2) is 8.21. The minimum absolute atomic E-state index is 0.153. The molecule has 8 heteroatoms. The van der Waals surface area contributed by atoms with E-state index in [1.165, 1.54) is 0 Å². The number of nitrogens with zero attached hydrogens (tertiary/aromatic N) is 2. The number of hydrogen-bond donors (Lipinski definition) is 0. The lowest BCUT2D eigenvalue weighted by Crippen LogP contribution is -2.43. The molecule has 0 atom stereocenters. The van der Waals surface area contributed by atoms with Crippen molar-refractivity contribution in [1.29, 1.82) is 0 Å². The van der Waals surface area contributed by atoms with E-state index >= 15 is 0 Å². The molecule has 1 aromatic heterocycles. The van der Waals surface area contributed by atoms with Crippen LogP contribution in [0, 0.1) is 18.6 Å². The number of aryl methyl sites for hydroxylation is 1. The number of hydrogen-bond acceptors (Lipinski definition) is 3. The molecule has 0 bridgehead atoms. The predicted octanol–water partition coefficient (Wildman–Crippen LogP) is 5.16. The third kappa shape index (κ3) is 4.10. The van der Waals surface area contributed by atoms with Crippen LogP contribution in [-0.2, 0) is 6.42 Å². The first-order valence-electron chi connectivity index (χ1n) is 8.94. The molecule has 0 N–H and O–H groups in total. The molecular weight excluding hydrogens is 402 g/mol. The number of carbonyl (C=O) groups excluding carboxylic acids is 1. The zero-order valence-electron chi connectivity index (χ0n) is 16.1. The predicted molar refractivity (Wildman–Crippen MR) is 107 cm³/mol. The van der Waals surface area contributed by atoms with Crippen molar-refractivity contribution in [2.75, 3.05) is 4.90 Å². The highest BCUT2D eigenvalue weighted by atomic mass is 35.5. The van der Waals surface area contributed by atoms with Crippen molar-refractivity contribution >= 4 is 23.3 Å². The average molecular weight is 421 g/mol. The lowest BCUT2D eigenvalue weighted by Gasteiger charge is -2.26. The molecule has 0 radical (unpaired) electrons. The first-order chi connectivity index (χ1) is 13.7. The number of anilines is 1. The van der Waals surface area contributed by atoms with Crippen molar-refractivity contribution < 1.29 is 18.1 Å². The van der Waals surface area contributed by atoms with Crippen LogP contribution < -0.4 is 10.5 Å². The minimum atomic E-state index is -0.917. The summed E-state index contributed by atoms with van der Waals surface area (Å²) in [6.45, 7) is 4.86. The van der Waals surface area contributed by atoms with Crippen molar-refractivity contribution in [3.05, 3.63) is 86.4 Å². The van der Waals surface area contributed by atoms with Gasteiger partial charge in [0.1, 0.15) is 17.4 Å². The van der Waals surface area contributed by atoms with E-state index in [4.69, 9.17) is 16.1 Å². The van der Waals surface area contributed by atoms with Crippen LogP contribution in [0.4, 0.5) is 19.3 Å². The summed E-state index contributed by atoms with van der Waals surface area (Å²) in [6, 6.07) is 8.51. The third-order valence-electron chi connectivity index (χ3n) is 4.49. The van der Waals surface area contributed by atoms with E-state index in [9.17, 15) is 18.4 Å². The van der Waals surface area contributed by atoms with E-state index in [1.807, 2.05) is 0 Å². The number of aromatic nitrogens is 1. The Morgan fingerprint density at radius 1 is 1.21 bits per heavy atom. The number of amides is 1. The zero-order valence-corrected chi connectivity index (χ0v) is 16.8. The van der Waals surface area contributed by atoms with Crippen LogP contribution in [0.5, 0.6) is 0 Å². The van der Waals surface area contributed by atoms with Gasteiger partial charge in [0.05, 0.1) is 11.3 Å². The van der Waals surface area contributed by atoms with Crippen molar-refractivity contribution in [2.24, 2.45) is 0 Å². The first kappa shape index (κ1) is 20.8.